The molecule has 0 aromatic carbocycles. The third kappa shape index (κ3) is 2.54. The van der Waals surface area contributed by atoms with Crippen molar-refractivity contribution in [1.29, 1.82) is 0 Å². The van der Waals surface area contributed by atoms with Crippen LogP contribution in [0.5, 0.6) is 0 Å². The van der Waals surface area contributed by atoms with Crippen LogP contribution in [0.25, 0.3) is 0 Å². The van der Waals surface area contributed by atoms with Crippen LogP contribution < -0.4 is 5.32 Å². The van der Waals surface area contributed by atoms with E-state index in [2.05, 4.69) is 26.2 Å². The van der Waals surface area contributed by atoms with Gasteiger partial charge in [0.05, 0.1) is 11.8 Å². The Labute approximate surface area is 126 Å². The molecule has 5 nitrogen and oxygen atoms in total. The van der Waals surface area contributed by atoms with Crippen molar-refractivity contribution in [3.63, 3.8) is 0 Å². The molecule has 2 unspecified atom stereocenters. The van der Waals surface area contributed by atoms with Gasteiger partial charge in [-0.15, -0.1) is 0 Å². The van der Waals surface area contributed by atoms with Crippen LogP contribution in [-0.2, 0) is 0 Å². The van der Waals surface area contributed by atoms with Gasteiger partial charge in [0.1, 0.15) is 5.82 Å². The largest absolute Gasteiger partial charge is 0.393 e. The number of rotatable bonds is 1. The van der Waals surface area contributed by atoms with E-state index in [9.17, 15) is 9.90 Å². The number of pyridine rings is 1. The summed E-state index contributed by atoms with van der Waals surface area (Å²) in [5, 5.41) is 12.6. The number of halogens is 1. The Balaban J connectivity index is 1.72. The number of fused-ring (bicyclic) bond motifs is 2. The maximum Gasteiger partial charge on any atom is 0.323 e. The van der Waals surface area contributed by atoms with Crippen molar-refractivity contribution in [3.8, 4) is 0 Å². The van der Waals surface area contributed by atoms with Gasteiger partial charge in [-0.25, -0.2) is 9.78 Å². The number of aryl methyl sites for hydroxylation is 1. The van der Waals surface area contributed by atoms with Crippen LogP contribution in [0.3, 0.4) is 0 Å². The highest BCUT2D eigenvalue weighted by molar-refractivity contribution is 9.10. The van der Waals surface area contributed by atoms with E-state index >= 15 is 0 Å². The molecule has 0 spiro atoms. The Kier molecular flexibility index (Phi) is 3.69. The third-order valence-electron chi connectivity index (χ3n) is 4.20. The standard InChI is InChI=1S/C14H18BrN3O2/c1-8-12(15)4-5-13(16-8)17-14(20)18-9-2-3-10(18)7-11(19)6-9/h4-5,9-11,19H,2-3,6-7H2,1H3,(H,16,17,20). The minimum Gasteiger partial charge on any atom is -0.393 e. The van der Waals surface area contributed by atoms with Gasteiger partial charge in [-0.2, -0.15) is 0 Å². The number of hydrogen-bond acceptors (Lipinski definition) is 3. The fraction of sp³-hybridized carbons (Fsp3) is 0.571. The molecule has 3 rings (SSSR count). The summed E-state index contributed by atoms with van der Waals surface area (Å²) in [6, 6.07) is 3.90. The van der Waals surface area contributed by atoms with Gasteiger partial charge in [-0.3, -0.25) is 5.32 Å². The van der Waals surface area contributed by atoms with E-state index in [0.717, 1.165) is 23.0 Å². The predicted octanol–water partition coefficient (Wildman–Crippen LogP) is 2.67. The molecule has 2 amide bonds. The molecular weight excluding hydrogens is 322 g/mol. The quantitative estimate of drug-likeness (QED) is 0.826. The van der Waals surface area contributed by atoms with Gasteiger partial charge in [0.15, 0.2) is 0 Å². The molecule has 2 N–H and O–H groups in total. The molecule has 2 saturated heterocycles. The van der Waals surface area contributed by atoms with Crippen molar-refractivity contribution in [2.24, 2.45) is 0 Å². The molecule has 6 heteroatoms. The van der Waals surface area contributed by atoms with Crippen molar-refractivity contribution in [3.05, 3.63) is 22.3 Å². The molecule has 2 fully saturated rings. The normalized spacial score (nSPS) is 28.6. The van der Waals surface area contributed by atoms with Crippen LogP contribution >= 0.6 is 15.9 Å². The first kappa shape index (κ1) is 13.8. The zero-order valence-corrected chi connectivity index (χ0v) is 12.9. The Morgan fingerprint density at radius 1 is 1.40 bits per heavy atom. The van der Waals surface area contributed by atoms with E-state index in [1.54, 1.807) is 6.07 Å². The summed E-state index contributed by atoms with van der Waals surface area (Å²) in [7, 11) is 0. The van der Waals surface area contributed by atoms with E-state index in [-0.39, 0.29) is 24.2 Å². The van der Waals surface area contributed by atoms with Crippen LogP contribution in [0.4, 0.5) is 10.6 Å². The van der Waals surface area contributed by atoms with E-state index < -0.39 is 0 Å². The second-order valence-electron chi connectivity index (χ2n) is 5.61. The highest BCUT2D eigenvalue weighted by Gasteiger charge is 2.42. The van der Waals surface area contributed by atoms with E-state index in [4.69, 9.17) is 0 Å². The molecular formula is C14H18BrN3O2. The lowest BCUT2D eigenvalue weighted by molar-refractivity contribution is 0.0580. The zero-order valence-electron chi connectivity index (χ0n) is 11.3. The molecule has 0 radical (unpaired) electrons. The molecule has 1 aromatic heterocycles. The van der Waals surface area contributed by atoms with Gasteiger partial charge in [-0.05, 0) is 60.7 Å². The van der Waals surface area contributed by atoms with Crippen molar-refractivity contribution < 1.29 is 9.90 Å². The lowest BCUT2D eigenvalue weighted by Crippen LogP contribution is -2.49. The molecule has 3 heterocycles. The summed E-state index contributed by atoms with van der Waals surface area (Å²) in [6.07, 6.45) is 3.10. The van der Waals surface area contributed by atoms with Gasteiger partial charge < -0.3 is 10.0 Å². The SMILES string of the molecule is Cc1nc(NC(=O)N2C3CCC2CC(O)C3)ccc1Br. The smallest absolute Gasteiger partial charge is 0.323 e. The lowest BCUT2D eigenvalue weighted by atomic mass is 10.0. The molecule has 2 bridgehead atoms. The highest BCUT2D eigenvalue weighted by Crippen LogP contribution is 2.36. The molecule has 0 saturated carbocycles. The minimum atomic E-state index is -0.260. The van der Waals surface area contributed by atoms with Crippen molar-refractivity contribution in [2.75, 3.05) is 5.32 Å². The molecule has 2 aliphatic heterocycles. The summed E-state index contributed by atoms with van der Waals surface area (Å²) >= 11 is 3.39. The second-order valence-corrected chi connectivity index (χ2v) is 6.47. The summed E-state index contributed by atoms with van der Waals surface area (Å²) in [5.74, 6) is 0.571. The number of carbonyl (C=O) groups is 1. The zero-order chi connectivity index (χ0) is 14.3. The number of aliphatic hydroxyl groups excluding tert-OH is 1. The molecule has 2 aliphatic rings. The molecule has 20 heavy (non-hydrogen) atoms. The van der Waals surface area contributed by atoms with Gasteiger partial charge in [0.25, 0.3) is 0 Å². The van der Waals surface area contributed by atoms with Crippen LogP contribution in [0, 0.1) is 6.92 Å². The first-order chi connectivity index (χ1) is 9.54. The number of nitrogens with zero attached hydrogens (tertiary/aromatic N) is 2. The Hall–Kier alpha value is -1.14. The van der Waals surface area contributed by atoms with Crippen molar-refractivity contribution in [2.45, 2.75) is 50.8 Å². The second kappa shape index (κ2) is 5.33. The number of aliphatic hydroxyl groups is 1. The first-order valence-electron chi connectivity index (χ1n) is 6.95. The van der Waals surface area contributed by atoms with Crippen molar-refractivity contribution in [1.82, 2.24) is 9.88 Å². The third-order valence-corrected chi connectivity index (χ3v) is 5.04. The predicted molar refractivity (Wildman–Crippen MR) is 79.6 cm³/mol. The average Bonchev–Trinajstić information content (AvgIpc) is 2.66. The van der Waals surface area contributed by atoms with Crippen LogP contribution in [-0.4, -0.2) is 39.2 Å². The van der Waals surface area contributed by atoms with E-state index in [1.807, 2.05) is 17.9 Å². The lowest BCUT2D eigenvalue weighted by Gasteiger charge is -2.36. The van der Waals surface area contributed by atoms with Gasteiger partial charge in [0.2, 0.25) is 0 Å². The summed E-state index contributed by atoms with van der Waals surface area (Å²) in [4.78, 5) is 18.6. The van der Waals surface area contributed by atoms with Gasteiger partial charge in [-0.1, -0.05) is 0 Å². The maximum atomic E-state index is 12.4. The topological polar surface area (TPSA) is 65.5 Å². The Morgan fingerprint density at radius 3 is 2.65 bits per heavy atom. The number of anilines is 1. The Bertz CT molecular complexity index is 523. The van der Waals surface area contributed by atoms with E-state index in [0.29, 0.717) is 18.7 Å². The number of amides is 2. The maximum absolute atomic E-state index is 12.4. The summed E-state index contributed by atoms with van der Waals surface area (Å²) < 4.78 is 0.927. The average molecular weight is 340 g/mol. The highest BCUT2D eigenvalue weighted by atomic mass is 79.9. The number of urea groups is 1. The monoisotopic (exact) mass is 339 g/mol. The minimum absolute atomic E-state index is 0.0985. The van der Waals surface area contributed by atoms with Gasteiger partial charge in [0, 0.05) is 16.6 Å². The van der Waals surface area contributed by atoms with Crippen LogP contribution in [0.1, 0.15) is 31.4 Å². The summed E-state index contributed by atoms with van der Waals surface area (Å²) in [5.41, 5.74) is 0.847. The number of aromatic nitrogens is 1. The molecule has 1 aromatic rings. The van der Waals surface area contributed by atoms with Gasteiger partial charge >= 0.3 is 6.03 Å². The number of hydrogen-bond donors (Lipinski definition) is 2. The number of nitrogens with one attached hydrogen (secondary N) is 1. The number of carbonyl (C=O) groups excluding carboxylic acids is 1. The fourth-order valence-corrected chi connectivity index (χ4v) is 3.49. The Morgan fingerprint density at radius 2 is 2.05 bits per heavy atom. The van der Waals surface area contributed by atoms with Crippen LogP contribution in [0.2, 0.25) is 0 Å². The van der Waals surface area contributed by atoms with E-state index in [1.165, 1.54) is 0 Å². The first-order valence-corrected chi connectivity index (χ1v) is 7.74. The molecule has 0 aliphatic carbocycles. The number of piperidine rings is 1. The van der Waals surface area contributed by atoms with Crippen LogP contribution in [0.15, 0.2) is 16.6 Å². The fourth-order valence-electron chi connectivity index (χ4n) is 3.27. The molecule has 108 valence electrons. The van der Waals surface area contributed by atoms with Crippen molar-refractivity contribution >= 4 is 27.8 Å². The summed E-state index contributed by atoms with van der Waals surface area (Å²) in [6.45, 7) is 1.89. The molecule has 2 atom stereocenters.